The number of carbonyl (C=O) groups excluding carboxylic acids is 1. The van der Waals surface area contributed by atoms with Crippen molar-refractivity contribution in [1.29, 1.82) is 0 Å². The zero-order chi connectivity index (χ0) is 15.3. The van der Waals surface area contributed by atoms with E-state index in [1.54, 1.807) is 0 Å². The molecular formula is C13H12FN3O3S. The maximum atomic E-state index is 12.7. The highest BCUT2D eigenvalue weighted by Crippen LogP contribution is 2.08. The molecule has 0 spiro atoms. The van der Waals surface area contributed by atoms with Crippen molar-refractivity contribution in [3.05, 3.63) is 54.6 Å². The maximum absolute atomic E-state index is 12.7. The van der Waals surface area contributed by atoms with Crippen molar-refractivity contribution >= 4 is 21.6 Å². The summed E-state index contributed by atoms with van der Waals surface area (Å²) < 4.78 is 38.6. The fourth-order valence-electron chi connectivity index (χ4n) is 1.49. The number of rotatable bonds is 5. The van der Waals surface area contributed by atoms with E-state index in [0.717, 1.165) is 0 Å². The van der Waals surface area contributed by atoms with Crippen molar-refractivity contribution in [3.63, 3.8) is 0 Å². The molecule has 2 aromatic rings. The number of nitrogens with zero attached hydrogens (tertiary/aromatic N) is 1. The number of pyridine rings is 1. The molecule has 0 bridgehead atoms. The first kappa shape index (κ1) is 15.1. The molecule has 1 amide bonds. The predicted octanol–water partition coefficient (Wildman–Crippen LogP) is 1.14. The van der Waals surface area contributed by atoms with Crippen LogP contribution in [0.1, 0.15) is 0 Å². The second-order valence-corrected chi connectivity index (χ2v) is 5.84. The Labute approximate surface area is 121 Å². The van der Waals surface area contributed by atoms with Crippen molar-refractivity contribution < 1.29 is 17.6 Å². The second-order valence-electron chi connectivity index (χ2n) is 4.07. The van der Waals surface area contributed by atoms with Crippen LogP contribution in [-0.4, -0.2) is 25.9 Å². The van der Waals surface area contributed by atoms with Crippen LogP contribution in [0.25, 0.3) is 0 Å². The van der Waals surface area contributed by atoms with Gasteiger partial charge in [0.25, 0.3) is 0 Å². The van der Waals surface area contributed by atoms with Crippen LogP contribution in [0.4, 0.5) is 10.1 Å². The highest BCUT2D eigenvalue weighted by molar-refractivity contribution is 7.89. The van der Waals surface area contributed by atoms with E-state index in [1.807, 2.05) is 0 Å². The average molecular weight is 309 g/mol. The van der Waals surface area contributed by atoms with Crippen molar-refractivity contribution in [1.82, 2.24) is 9.71 Å². The predicted molar refractivity (Wildman–Crippen MR) is 74.5 cm³/mol. The summed E-state index contributed by atoms with van der Waals surface area (Å²) in [5, 5.41) is 2.45. The number of benzene rings is 1. The Bertz CT molecular complexity index is 718. The molecule has 0 aliphatic heterocycles. The van der Waals surface area contributed by atoms with Crippen LogP contribution in [0.15, 0.2) is 53.7 Å². The van der Waals surface area contributed by atoms with E-state index in [-0.39, 0.29) is 4.90 Å². The maximum Gasteiger partial charge on any atom is 0.242 e. The highest BCUT2D eigenvalue weighted by atomic mass is 32.2. The Hall–Kier alpha value is -2.32. The third kappa shape index (κ3) is 4.33. The van der Waals surface area contributed by atoms with Gasteiger partial charge in [-0.2, -0.15) is 0 Å². The molecule has 1 heterocycles. The molecule has 2 rings (SSSR count). The number of anilines is 1. The van der Waals surface area contributed by atoms with E-state index in [9.17, 15) is 17.6 Å². The highest BCUT2D eigenvalue weighted by Gasteiger charge is 2.15. The molecular weight excluding hydrogens is 297 g/mol. The second kappa shape index (κ2) is 6.42. The van der Waals surface area contributed by atoms with Crippen molar-refractivity contribution in [2.24, 2.45) is 0 Å². The number of sulfonamides is 1. The number of nitrogens with one attached hydrogen (secondary N) is 2. The van der Waals surface area contributed by atoms with E-state index in [2.05, 4.69) is 15.0 Å². The van der Waals surface area contributed by atoms with Gasteiger partial charge < -0.3 is 5.32 Å². The monoisotopic (exact) mass is 309 g/mol. The fraction of sp³-hybridized carbons (Fsp3) is 0.0769. The zero-order valence-electron chi connectivity index (χ0n) is 10.8. The minimum absolute atomic E-state index is 0.0282. The van der Waals surface area contributed by atoms with Gasteiger partial charge in [0, 0.05) is 18.1 Å². The molecule has 0 atom stereocenters. The van der Waals surface area contributed by atoms with E-state index in [4.69, 9.17) is 0 Å². The van der Waals surface area contributed by atoms with E-state index < -0.39 is 28.3 Å². The van der Waals surface area contributed by atoms with Gasteiger partial charge >= 0.3 is 0 Å². The normalized spacial score (nSPS) is 11.1. The number of hydrogen-bond donors (Lipinski definition) is 2. The lowest BCUT2D eigenvalue weighted by molar-refractivity contribution is -0.115. The quantitative estimate of drug-likeness (QED) is 0.867. The molecule has 6 nitrogen and oxygen atoms in total. The van der Waals surface area contributed by atoms with Crippen molar-refractivity contribution in [3.8, 4) is 0 Å². The summed E-state index contributed by atoms with van der Waals surface area (Å²) in [5.41, 5.74) is 0.377. The molecule has 0 fully saturated rings. The first-order valence-electron chi connectivity index (χ1n) is 5.92. The van der Waals surface area contributed by atoms with Gasteiger partial charge in [0.15, 0.2) is 0 Å². The van der Waals surface area contributed by atoms with E-state index in [0.29, 0.717) is 5.69 Å². The smallest absolute Gasteiger partial charge is 0.242 e. The topological polar surface area (TPSA) is 88.2 Å². The molecule has 8 heteroatoms. The van der Waals surface area contributed by atoms with Crippen molar-refractivity contribution in [2.45, 2.75) is 4.90 Å². The van der Waals surface area contributed by atoms with Gasteiger partial charge in [0.05, 0.1) is 6.54 Å². The minimum Gasteiger partial charge on any atom is -0.325 e. The standard InChI is InChI=1S/C13H12FN3O3S/c14-10-3-5-11(6-4-10)17-13(18)9-16-21(19,20)12-2-1-7-15-8-12/h1-8,16H,9H2,(H,17,18). The summed E-state index contributed by atoms with van der Waals surface area (Å²) in [6.45, 7) is -0.436. The lowest BCUT2D eigenvalue weighted by atomic mass is 10.3. The van der Waals surface area contributed by atoms with Crippen LogP contribution >= 0.6 is 0 Å². The summed E-state index contributed by atoms with van der Waals surface area (Å²) in [6, 6.07) is 7.98. The fourth-order valence-corrected chi connectivity index (χ4v) is 2.43. The lowest BCUT2D eigenvalue weighted by Crippen LogP contribution is -2.32. The number of hydrogen-bond acceptors (Lipinski definition) is 4. The largest absolute Gasteiger partial charge is 0.325 e. The van der Waals surface area contributed by atoms with Crippen molar-refractivity contribution in [2.75, 3.05) is 11.9 Å². The Morgan fingerprint density at radius 2 is 1.90 bits per heavy atom. The first-order valence-corrected chi connectivity index (χ1v) is 7.41. The van der Waals surface area contributed by atoms with Crippen LogP contribution in [0.2, 0.25) is 0 Å². The summed E-state index contributed by atoms with van der Waals surface area (Å²) in [4.78, 5) is 15.3. The van der Waals surface area contributed by atoms with E-state index >= 15 is 0 Å². The van der Waals surface area contributed by atoms with Gasteiger partial charge in [-0.05, 0) is 36.4 Å². The Kier molecular flexibility index (Phi) is 4.61. The molecule has 0 radical (unpaired) electrons. The molecule has 0 aliphatic carbocycles. The summed E-state index contributed by atoms with van der Waals surface area (Å²) >= 11 is 0. The summed E-state index contributed by atoms with van der Waals surface area (Å²) in [6.07, 6.45) is 2.63. The number of amides is 1. The molecule has 0 saturated heterocycles. The van der Waals surface area contributed by atoms with Crippen LogP contribution in [0, 0.1) is 5.82 Å². The Morgan fingerprint density at radius 3 is 2.52 bits per heavy atom. The molecule has 2 N–H and O–H groups in total. The average Bonchev–Trinajstić information content (AvgIpc) is 2.49. The molecule has 0 aliphatic rings. The van der Waals surface area contributed by atoms with Crippen LogP contribution in [0.5, 0.6) is 0 Å². The lowest BCUT2D eigenvalue weighted by Gasteiger charge is -2.07. The Balaban J connectivity index is 1.93. The third-order valence-electron chi connectivity index (χ3n) is 2.50. The van der Waals surface area contributed by atoms with Gasteiger partial charge in [-0.1, -0.05) is 0 Å². The SMILES string of the molecule is O=C(CNS(=O)(=O)c1cccnc1)Nc1ccc(F)cc1. The number of carbonyl (C=O) groups is 1. The number of halogens is 1. The molecule has 21 heavy (non-hydrogen) atoms. The van der Waals surface area contributed by atoms with Gasteiger partial charge in [-0.25, -0.2) is 17.5 Å². The first-order chi connectivity index (χ1) is 9.97. The van der Waals surface area contributed by atoms with Crippen LogP contribution in [0.3, 0.4) is 0 Å². The molecule has 0 saturated carbocycles. The number of aromatic nitrogens is 1. The molecule has 1 aromatic carbocycles. The summed E-state index contributed by atoms with van der Waals surface area (Å²) in [7, 11) is -3.79. The minimum atomic E-state index is -3.79. The zero-order valence-corrected chi connectivity index (χ0v) is 11.6. The van der Waals surface area contributed by atoms with Gasteiger partial charge in [0.2, 0.25) is 15.9 Å². The van der Waals surface area contributed by atoms with Gasteiger partial charge in [-0.15, -0.1) is 0 Å². The summed E-state index contributed by atoms with van der Waals surface area (Å²) in [5.74, 6) is -0.987. The molecule has 1 aromatic heterocycles. The molecule has 0 unspecified atom stereocenters. The molecule has 110 valence electrons. The Morgan fingerprint density at radius 1 is 1.19 bits per heavy atom. The third-order valence-corrected chi connectivity index (χ3v) is 3.88. The van der Waals surface area contributed by atoms with E-state index in [1.165, 1.54) is 48.8 Å². The van der Waals surface area contributed by atoms with Crippen LogP contribution in [-0.2, 0) is 14.8 Å². The van der Waals surface area contributed by atoms with Crippen LogP contribution < -0.4 is 10.0 Å². The van der Waals surface area contributed by atoms with Gasteiger partial charge in [-0.3, -0.25) is 9.78 Å². The van der Waals surface area contributed by atoms with Gasteiger partial charge in [0.1, 0.15) is 10.7 Å².